The molecule has 0 bridgehead atoms. The van der Waals surface area contributed by atoms with Gasteiger partial charge in [0.2, 0.25) is 0 Å². The molecule has 1 amide bonds. The molecular formula is C13H13N3O2S. The number of anilines is 1. The molecule has 2 aromatic rings. The first kappa shape index (κ1) is 12.3. The van der Waals surface area contributed by atoms with E-state index in [1.807, 2.05) is 12.1 Å². The molecule has 0 saturated heterocycles. The molecule has 1 atom stereocenters. The molecule has 2 aromatic heterocycles. The van der Waals surface area contributed by atoms with Crippen molar-refractivity contribution in [3.05, 3.63) is 40.1 Å². The lowest BCUT2D eigenvalue weighted by Gasteiger charge is -2.15. The Hall–Kier alpha value is -1.79. The van der Waals surface area contributed by atoms with E-state index >= 15 is 0 Å². The zero-order chi connectivity index (χ0) is 13.4. The minimum Gasteiger partial charge on any atom is -0.386 e. The molecule has 1 N–H and O–H groups in total. The maximum Gasteiger partial charge on any atom is 0.270 e. The number of rotatable bonds is 2. The van der Waals surface area contributed by atoms with Crippen molar-refractivity contribution in [3.63, 3.8) is 0 Å². The van der Waals surface area contributed by atoms with Crippen LogP contribution < -0.4 is 4.90 Å². The third-order valence-corrected chi connectivity index (χ3v) is 4.22. The maximum absolute atomic E-state index is 12.4. The van der Waals surface area contributed by atoms with Crippen LogP contribution in [0.1, 0.15) is 33.4 Å². The van der Waals surface area contributed by atoms with Crippen LogP contribution in [0.4, 0.5) is 5.69 Å². The maximum atomic E-state index is 12.4. The lowest BCUT2D eigenvalue weighted by atomic mass is 10.3. The monoisotopic (exact) mass is 275 g/mol. The van der Waals surface area contributed by atoms with Crippen molar-refractivity contribution >= 4 is 22.9 Å². The fourth-order valence-electron chi connectivity index (χ4n) is 2.13. The van der Waals surface area contributed by atoms with Crippen molar-refractivity contribution in [1.82, 2.24) is 9.97 Å². The lowest BCUT2D eigenvalue weighted by molar-refractivity contribution is 0.0993. The Kier molecular flexibility index (Phi) is 3.04. The molecule has 0 fully saturated rings. The van der Waals surface area contributed by atoms with Crippen molar-refractivity contribution in [1.29, 1.82) is 0 Å². The second-order valence-corrected chi connectivity index (χ2v) is 5.48. The van der Waals surface area contributed by atoms with Gasteiger partial charge in [-0.05, 0) is 19.1 Å². The van der Waals surface area contributed by atoms with Crippen LogP contribution in [0.15, 0.2) is 24.5 Å². The van der Waals surface area contributed by atoms with E-state index in [1.165, 1.54) is 17.5 Å². The van der Waals surface area contributed by atoms with Gasteiger partial charge in [-0.3, -0.25) is 9.78 Å². The van der Waals surface area contributed by atoms with Gasteiger partial charge >= 0.3 is 0 Å². The highest BCUT2D eigenvalue weighted by atomic mass is 32.1. The van der Waals surface area contributed by atoms with Crippen LogP contribution in [-0.4, -0.2) is 27.5 Å². The molecule has 1 aliphatic rings. The minimum absolute atomic E-state index is 0.0730. The van der Waals surface area contributed by atoms with Crippen LogP contribution in [0, 0.1) is 0 Å². The second-order valence-electron chi connectivity index (χ2n) is 4.41. The third-order valence-electron chi connectivity index (χ3n) is 3.07. The summed E-state index contributed by atoms with van der Waals surface area (Å²) < 4.78 is 0. The summed E-state index contributed by atoms with van der Waals surface area (Å²) in [6.07, 6.45) is 3.41. The van der Waals surface area contributed by atoms with Crippen LogP contribution >= 0.6 is 11.3 Å². The molecular weight excluding hydrogens is 262 g/mol. The summed E-state index contributed by atoms with van der Waals surface area (Å²) in [6, 6.07) is 3.74. The molecule has 19 heavy (non-hydrogen) atoms. The zero-order valence-corrected chi connectivity index (χ0v) is 11.2. The Morgan fingerprint density at radius 2 is 2.37 bits per heavy atom. The van der Waals surface area contributed by atoms with Gasteiger partial charge in [-0.25, -0.2) is 4.98 Å². The number of fused-ring (bicyclic) bond motifs is 1. The lowest BCUT2D eigenvalue weighted by Crippen LogP contribution is -2.28. The molecule has 0 saturated carbocycles. The van der Waals surface area contributed by atoms with Gasteiger partial charge in [0, 0.05) is 19.2 Å². The van der Waals surface area contributed by atoms with E-state index in [1.54, 1.807) is 18.0 Å². The Morgan fingerprint density at radius 3 is 3.11 bits per heavy atom. The van der Waals surface area contributed by atoms with E-state index < -0.39 is 6.10 Å². The second kappa shape index (κ2) is 4.71. The molecule has 3 rings (SSSR count). The minimum atomic E-state index is -0.640. The highest BCUT2D eigenvalue weighted by molar-refractivity contribution is 7.13. The zero-order valence-electron chi connectivity index (χ0n) is 10.4. The van der Waals surface area contributed by atoms with Gasteiger partial charge in [-0.2, -0.15) is 0 Å². The van der Waals surface area contributed by atoms with Crippen molar-refractivity contribution in [3.8, 4) is 0 Å². The first-order valence-corrected chi connectivity index (χ1v) is 6.88. The summed E-state index contributed by atoms with van der Waals surface area (Å²) in [6.45, 7) is 2.29. The van der Waals surface area contributed by atoms with E-state index in [-0.39, 0.29) is 5.91 Å². The smallest absolute Gasteiger partial charge is 0.270 e. The van der Waals surface area contributed by atoms with Crippen LogP contribution in [0.25, 0.3) is 0 Å². The fourth-order valence-corrected chi connectivity index (χ4v) is 2.93. The van der Waals surface area contributed by atoms with E-state index in [0.29, 0.717) is 16.4 Å². The SMILES string of the molecule is CC(O)c1ncc(C(=O)N2CCc3ncccc32)s1. The highest BCUT2D eigenvalue weighted by Gasteiger charge is 2.27. The molecule has 1 unspecified atom stereocenters. The molecule has 1 aliphatic heterocycles. The topological polar surface area (TPSA) is 66.3 Å². The third kappa shape index (κ3) is 2.13. The van der Waals surface area contributed by atoms with Crippen LogP contribution in [0.3, 0.4) is 0 Å². The molecule has 0 spiro atoms. The molecule has 3 heterocycles. The fraction of sp³-hybridized carbons (Fsp3) is 0.308. The molecule has 5 nitrogen and oxygen atoms in total. The number of hydrogen-bond acceptors (Lipinski definition) is 5. The summed E-state index contributed by atoms with van der Waals surface area (Å²) in [5, 5.41) is 10.0. The number of nitrogens with zero attached hydrogens (tertiary/aromatic N) is 3. The Bertz CT molecular complexity index is 624. The summed E-state index contributed by atoms with van der Waals surface area (Å²) in [5.74, 6) is -0.0730. The summed E-state index contributed by atoms with van der Waals surface area (Å²) >= 11 is 1.24. The number of aromatic nitrogens is 2. The Labute approximate surface area is 114 Å². The molecule has 98 valence electrons. The van der Waals surface area contributed by atoms with Crippen LogP contribution in [-0.2, 0) is 6.42 Å². The van der Waals surface area contributed by atoms with Crippen molar-refractivity contribution < 1.29 is 9.90 Å². The molecule has 0 radical (unpaired) electrons. The Balaban J connectivity index is 1.89. The largest absolute Gasteiger partial charge is 0.386 e. The quantitative estimate of drug-likeness (QED) is 0.907. The van der Waals surface area contributed by atoms with E-state index in [4.69, 9.17) is 0 Å². The number of hydrogen-bond donors (Lipinski definition) is 1. The first-order chi connectivity index (χ1) is 9.16. The summed E-state index contributed by atoms with van der Waals surface area (Å²) in [5.41, 5.74) is 1.83. The Morgan fingerprint density at radius 1 is 1.53 bits per heavy atom. The predicted molar refractivity (Wildman–Crippen MR) is 72.4 cm³/mol. The van der Waals surface area contributed by atoms with E-state index in [9.17, 15) is 9.90 Å². The number of carbonyl (C=O) groups is 1. The molecule has 6 heteroatoms. The predicted octanol–water partition coefficient (Wildman–Crippen LogP) is 1.79. The van der Waals surface area contributed by atoms with Gasteiger partial charge in [0.05, 0.1) is 17.6 Å². The number of carbonyl (C=O) groups excluding carboxylic acids is 1. The van der Waals surface area contributed by atoms with Gasteiger partial charge in [-0.15, -0.1) is 11.3 Å². The number of amides is 1. The van der Waals surface area contributed by atoms with Gasteiger partial charge in [0.1, 0.15) is 16.0 Å². The van der Waals surface area contributed by atoms with Gasteiger partial charge in [0.15, 0.2) is 0 Å². The van der Waals surface area contributed by atoms with Crippen LogP contribution in [0.5, 0.6) is 0 Å². The van der Waals surface area contributed by atoms with Crippen molar-refractivity contribution in [2.45, 2.75) is 19.4 Å². The van der Waals surface area contributed by atoms with E-state index in [2.05, 4.69) is 9.97 Å². The van der Waals surface area contributed by atoms with Gasteiger partial charge in [-0.1, -0.05) is 0 Å². The normalized spacial score (nSPS) is 15.4. The van der Waals surface area contributed by atoms with Gasteiger partial charge in [0.25, 0.3) is 5.91 Å². The number of aliphatic hydroxyl groups is 1. The average Bonchev–Trinajstić information content (AvgIpc) is 3.05. The summed E-state index contributed by atoms with van der Waals surface area (Å²) in [7, 11) is 0. The van der Waals surface area contributed by atoms with Gasteiger partial charge < -0.3 is 10.0 Å². The first-order valence-electron chi connectivity index (χ1n) is 6.06. The van der Waals surface area contributed by atoms with Crippen molar-refractivity contribution in [2.75, 3.05) is 11.4 Å². The average molecular weight is 275 g/mol. The number of pyridine rings is 1. The van der Waals surface area contributed by atoms with Crippen LogP contribution in [0.2, 0.25) is 0 Å². The molecule has 0 aliphatic carbocycles. The van der Waals surface area contributed by atoms with Crippen molar-refractivity contribution in [2.24, 2.45) is 0 Å². The number of aliphatic hydroxyl groups excluding tert-OH is 1. The highest BCUT2D eigenvalue weighted by Crippen LogP contribution is 2.29. The van der Waals surface area contributed by atoms with E-state index in [0.717, 1.165) is 17.8 Å². The number of thiazole rings is 1. The molecule has 0 aromatic carbocycles. The summed E-state index contributed by atoms with van der Waals surface area (Å²) in [4.78, 5) is 23.0. The standard InChI is InChI=1S/C13H13N3O2S/c1-8(17)12-15-7-11(19-12)13(18)16-6-4-9-10(16)3-2-5-14-9/h2-3,5,7-8,17H,4,6H2,1H3.